The Hall–Kier alpha value is -0.805. The van der Waals surface area contributed by atoms with Crippen LogP contribution in [-0.2, 0) is 9.53 Å². The number of likely N-dealkylation sites (N-methyl/N-ethyl adjacent to an activating group) is 1. The molecule has 0 aromatic heterocycles. The summed E-state index contributed by atoms with van der Waals surface area (Å²) in [7, 11) is 3.79. The quantitative estimate of drug-likeness (QED) is 0.392. The summed E-state index contributed by atoms with van der Waals surface area (Å²) >= 11 is 0. The number of aliphatic hydroxyl groups is 1. The third-order valence-corrected chi connectivity index (χ3v) is 3.57. The second-order valence-corrected chi connectivity index (χ2v) is 4.80. The topological polar surface area (TPSA) is 49.8 Å². The van der Waals surface area contributed by atoms with Crippen molar-refractivity contribution in [3.05, 3.63) is 12.2 Å². The maximum Gasteiger partial charge on any atom is 0.303 e. The van der Waals surface area contributed by atoms with E-state index in [0.29, 0.717) is 12.1 Å². The number of nitrogens with zero attached hydrogens (tertiary/aromatic N) is 1. The van der Waals surface area contributed by atoms with Crippen molar-refractivity contribution in [3.63, 3.8) is 0 Å². The van der Waals surface area contributed by atoms with Gasteiger partial charge >= 0.3 is 5.97 Å². The SMILES string of the molecule is BC(CO)C(=O)OC1CC2C=CC(C1)N2C. The van der Waals surface area contributed by atoms with Crippen LogP contribution in [0.1, 0.15) is 12.8 Å². The Balaban J connectivity index is 1.88. The third-order valence-electron chi connectivity index (χ3n) is 3.57. The van der Waals surface area contributed by atoms with Crippen LogP contribution in [0.3, 0.4) is 0 Å². The van der Waals surface area contributed by atoms with Gasteiger partial charge in [0.25, 0.3) is 0 Å². The van der Waals surface area contributed by atoms with Gasteiger partial charge in [-0.3, -0.25) is 9.69 Å². The third kappa shape index (κ3) is 2.15. The Bertz CT molecular complexity index is 292. The standard InChI is InChI=1S/C11H18BNO3/c1-13-7-2-3-8(13)5-9(4-7)16-11(15)10(12)6-14/h2-3,7-10,14H,4-6,12H2,1H3. The molecule has 1 fully saturated rings. The van der Waals surface area contributed by atoms with Crippen LogP contribution in [-0.4, -0.2) is 55.7 Å². The number of aliphatic hydroxyl groups excluding tert-OH is 1. The summed E-state index contributed by atoms with van der Waals surface area (Å²) in [6, 6.07) is 0.807. The molecule has 2 rings (SSSR count). The fourth-order valence-corrected chi connectivity index (χ4v) is 2.35. The highest BCUT2D eigenvalue weighted by Gasteiger charge is 2.36. The Kier molecular flexibility index (Phi) is 3.35. The molecule has 0 aromatic carbocycles. The first-order valence-corrected chi connectivity index (χ1v) is 5.83. The van der Waals surface area contributed by atoms with Crippen molar-refractivity contribution in [2.24, 2.45) is 0 Å². The predicted molar refractivity (Wildman–Crippen MR) is 63.0 cm³/mol. The summed E-state index contributed by atoms with van der Waals surface area (Å²) in [5.74, 6) is -0.693. The number of carbonyl (C=O) groups is 1. The van der Waals surface area contributed by atoms with Crippen LogP contribution >= 0.6 is 0 Å². The molecule has 4 nitrogen and oxygen atoms in total. The number of hydrogen-bond donors (Lipinski definition) is 1. The Labute approximate surface area is 96.7 Å². The van der Waals surface area contributed by atoms with Crippen LogP contribution in [0.4, 0.5) is 0 Å². The molecule has 0 spiro atoms. The molecule has 2 aliphatic rings. The van der Waals surface area contributed by atoms with E-state index in [2.05, 4.69) is 24.1 Å². The minimum absolute atomic E-state index is 0.00250. The minimum Gasteiger partial charge on any atom is -0.462 e. The van der Waals surface area contributed by atoms with E-state index < -0.39 is 5.82 Å². The summed E-state index contributed by atoms with van der Waals surface area (Å²) in [6.45, 7) is -0.142. The lowest BCUT2D eigenvalue weighted by molar-refractivity contribution is -0.152. The van der Waals surface area contributed by atoms with E-state index in [1.54, 1.807) is 7.85 Å². The molecule has 2 bridgehead atoms. The number of hydrogen-bond acceptors (Lipinski definition) is 4. The second-order valence-electron chi connectivity index (χ2n) is 4.80. The Morgan fingerprint density at radius 2 is 2.12 bits per heavy atom. The lowest BCUT2D eigenvalue weighted by Gasteiger charge is -2.36. The molecule has 1 saturated heterocycles. The van der Waals surface area contributed by atoms with E-state index >= 15 is 0 Å². The molecule has 5 heteroatoms. The van der Waals surface area contributed by atoms with Gasteiger partial charge in [0, 0.05) is 37.3 Å². The predicted octanol–water partition coefficient (Wildman–Crippen LogP) is -0.655. The maximum atomic E-state index is 11.5. The van der Waals surface area contributed by atoms with Crippen molar-refractivity contribution < 1.29 is 14.6 Å². The molecule has 2 heterocycles. The van der Waals surface area contributed by atoms with Gasteiger partial charge in [0.1, 0.15) is 14.0 Å². The zero-order valence-electron chi connectivity index (χ0n) is 9.80. The first-order chi connectivity index (χ1) is 7.61. The number of ether oxygens (including phenoxy) is 1. The highest BCUT2D eigenvalue weighted by Crippen LogP contribution is 2.30. The van der Waals surface area contributed by atoms with E-state index in [1.807, 2.05) is 0 Å². The molecule has 0 saturated carbocycles. The van der Waals surface area contributed by atoms with Crippen LogP contribution in [0.5, 0.6) is 0 Å². The van der Waals surface area contributed by atoms with Crippen molar-refractivity contribution >= 4 is 13.8 Å². The number of rotatable bonds is 3. The van der Waals surface area contributed by atoms with Crippen LogP contribution in [0, 0.1) is 0 Å². The molecular weight excluding hydrogens is 205 g/mol. The highest BCUT2D eigenvalue weighted by molar-refractivity contribution is 6.22. The number of carbonyl (C=O) groups excluding carboxylic acids is 1. The van der Waals surface area contributed by atoms with Gasteiger partial charge < -0.3 is 9.84 Å². The van der Waals surface area contributed by atoms with E-state index in [9.17, 15) is 4.79 Å². The average molecular weight is 223 g/mol. The molecule has 2 aliphatic heterocycles. The molecule has 0 aliphatic carbocycles. The molecule has 3 unspecified atom stereocenters. The van der Waals surface area contributed by atoms with Crippen LogP contribution in [0.2, 0.25) is 5.82 Å². The molecule has 3 atom stereocenters. The first kappa shape index (κ1) is 11.7. The maximum absolute atomic E-state index is 11.5. The van der Waals surface area contributed by atoms with Crippen molar-refractivity contribution in [2.75, 3.05) is 13.7 Å². The van der Waals surface area contributed by atoms with Gasteiger partial charge in [-0.15, -0.1) is 0 Å². The Morgan fingerprint density at radius 1 is 1.56 bits per heavy atom. The highest BCUT2D eigenvalue weighted by atomic mass is 16.5. The van der Waals surface area contributed by atoms with Gasteiger partial charge in [0.05, 0.1) is 0 Å². The van der Waals surface area contributed by atoms with E-state index in [4.69, 9.17) is 9.84 Å². The zero-order chi connectivity index (χ0) is 11.7. The summed E-state index contributed by atoms with van der Waals surface area (Å²) in [6.07, 6.45) is 6.12. The monoisotopic (exact) mass is 223 g/mol. The molecule has 16 heavy (non-hydrogen) atoms. The largest absolute Gasteiger partial charge is 0.462 e. The zero-order valence-corrected chi connectivity index (χ0v) is 9.80. The van der Waals surface area contributed by atoms with Crippen molar-refractivity contribution in [1.29, 1.82) is 0 Å². The molecule has 88 valence electrons. The van der Waals surface area contributed by atoms with Crippen LogP contribution in [0.15, 0.2) is 12.2 Å². The lowest BCUT2D eigenvalue weighted by Crippen LogP contribution is -2.44. The fourth-order valence-electron chi connectivity index (χ4n) is 2.35. The average Bonchev–Trinajstić information content (AvgIpc) is 2.52. The number of fused-ring (bicyclic) bond motifs is 2. The normalized spacial score (nSPS) is 35.0. The Morgan fingerprint density at radius 3 is 2.62 bits per heavy atom. The van der Waals surface area contributed by atoms with Crippen LogP contribution < -0.4 is 0 Å². The van der Waals surface area contributed by atoms with Gasteiger partial charge in [0.2, 0.25) is 0 Å². The summed E-state index contributed by atoms with van der Waals surface area (Å²) in [5, 5.41) is 8.87. The number of esters is 1. The van der Waals surface area contributed by atoms with Gasteiger partial charge in [-0.2, -0.15) is 0 Å². The molecule has 0 radical (unpaired) electrons. The minimum atomic E-state index is -0.412. The van der Waals surface area contributed by atoms with Gasteiger partial charge in [-0.25, -0.2) is 0 Å². The number of piperidine rings is 1. The summed E-state index contributed by atoms with van der Waals surface area (Å²) < 4.78 is 5.41. The second kappa shape index (κ2) is 4.59. The van der Waals surface area contributed by atoms with E-state index in [0.717, 1.165) is 12.8 Å². The van der Waals surface area contributed by atoms with Gasteiger partial charge in [-0.1, -0.05) is 12.2 Å². The van der Waals surface area contributed by atoms with Crippen molar-refractivity contribution in [2.45, 2.75) is 36.8 Å². The fraction of sp³-hybridized carbons (Fsp3) is 0.727. The summed E-state index contributed by atoms with van der Waals surface area (Å²) in [5.41, 5.74) is 0. The van der Waals surface area contributed by atoms with Crippen molar-refractivity contribution in [1.82, 2.24) is 4.90 Å². The first-order valence-electron chi connectivity index (χ1n) is 5.83. The van der Waals surface area contributed by atoms with Gasteiger partial charge in [-0.05, 0) is 7.05 Å². The van der Waals surface area contributed by atoms with Gasteiger partial charge in [0.15, 0.2) is 0 Å². The molecule has 1 N–H and O–H groups in total. The van der Waals surface area contributed by atoms with E-state index in [1.165, 1.54) is 0 Å². The summed E-state index contributed by atoms with van der Waals surface area (Å²) in [4.78, 5) is 13.8. The lowest BCUT2D eigenvalue weighted by atomic mass is 9.88. The van der Waals surface area contributed by atoms with E-state index in [-0.39, 0.29) is 18.7 Å². The van der Waals surface area contributed by atoms with Crippen molar-refractivity contribution in [3.8, 4) is 0 Å². The van der Waals surface area contributed by atoms with Crippen LogP contribution in [0.25, 0.3) is 0 Å². The molecule has 0 aromatic rings. The molecule has 0 amide bonds. The smallest absolute Gasteiger partial charge is 0.303 e. The molecular formula is C11H18BNO3.